The Bertz CT molecular complexity index is 3840. The number of benzene rings is 11. The summed E-state index contributed by atoms with van der Waals surface area (Å²) in [7, 11) is 0. The number of rotatable bonds is 8. The minimum Gasteiger partial charge on any atom is -0.456 e. The zero-order chi connectivity index (χ0) is 44.3. The molecule has 0 radical (unpaired) electrons. The van der Waals surface area contributed by atoms with Gasteiger partial charge < -0.3 is 13.9 Å². The topological polar surface area (TPSA) is 21.3 Å². The molecule has 0 saturated carbocycles. The summed E-state index contributed by atoms with van der Waals surface area (Å²) in [5, 5.41) is 8.06. The number of anilines is 3. The summed E-state index contributed by atoms with van der Waals surface area (Å²) in [4.78, 5) is 2.33. The predicted octanol–water partition coefficient (Wildman–Crippen LogP) is 18.0. The summed E-state index contributed by atoms with van der Waals surface area (Å²) in [6.45, 7) is 0. The molecule has 0 saturated heterocycles. The van der Waals surface area contributed by atoms with Crippen molar-refractivity contribution in [3.8, 4) is 50.2 Å². The molecule has 0 aliphatic carbocycles. The van der Waals surface area contributed by atoms with E-state index in [-0.39, 0.29) is 0 Å². The van der Waals surface area contributed by atoms with E-state index in [1.807, 2.05) is 0 Å². The van der Waals surface area contributed by atoms with Gasteiger partial charge in [-0.15, -0.1) is 0 Å². The molecule has 3 nitrogen and oxygen atoms in total. The molecular formula is C64H42N2O. The van der Waals surface area contributed by atoms with E-state index in [1.54, 1.807) is 0 Å². The van der Waals surface area contributed by atoms with E-state index in [0.29, 0.717) is 0 Å². The number of para-hydroxylation sites is 4. The summed E-state index contributed by atoms with van der Waals surface area (Å²) in [6.07, 6.45) is 2.20. The van der Waals surface area contributed by atoms with Crippen molar-refractivity contribution in [3.63, 3.8) is 0 Å². The van der Waals surface area contributed by atoms with Crippen LogP contribution < -0.4 is 4.90 Å². The zero-order valence-corrected chi connectivity index (χ0v) is 36.6. The highest BCUT2D eigenvalue weighted by molar-refractivity contribution is 6.27. The fraction of sp³-hybridized carbons (Fsp3) is 0. The van der Waals surface area contributed by atoms with Crippen LogP contribution in [0.15, 0.2) is 259 Å². The van der Waals surface area contributed by atoms with E-state index in [9.17, 15) is 0 Å². The van der Waals surface area contributed by atoms with Crippen molar-refractivity contribution in [2.45, 2.75) is 0 Å². The van der Waals surface area contributed by atoms with Gasteiger partial charge in [0.15, 0.2) is 0 Å². The second kappa shape index (κ2) is 16.0. The molecule has 2 aromatic heterocycles. The van der Waals surface area contributed by atoms with Gasteiger partial charge in [0, 0.05) is 45.1 Å². The quantitative estimate of drug-likeness (QED) is 0.142. The largest absolute Gasteiger partial charge is 0.456 e. The van der Waals surface area contributed by atoms with Gasteiger partial charge in [-0.2, -0.15) is 0 Å². The first-order valence-corrected chi connectivity index (χ1v) is 22.9. The highest BCUT2D eigenvalue weighted by atomic mass is 16.3. The second-order valence-corrected chi connectivity index (χ2v) is 17.3. The summed E-state index contributed by atoms with van der Waals surface area (Å²) >= 11 is 0. The van der Waals surface area contributed by atoms with Crippen LogP contribution in [0.3, 0.4) is 0 Å². The Hall–Kier alpha value is -8.92. The molecule has 2 heterocycles. The van der Waals surface area contributed by atoms with Crippen LogP contribution in [-0.2, 0) is 0 Å². The maximum absolute atomic E-state index is 6.67. The number of hydrogen-bond acceptors (Lipinski definition) is 2. The van der Waals surface area contributed by atoms with Gasteiger partial charge in [0.25, 0.3) is 0 Å². The first-order valence-electron chi connectivity index (χ1n) is 22.9. The molecule has 0 aliphatic rings. The van der Waals surface area contributed by atoms with Gasteiger partial charge in [0.1, 0.15) is 11.2 Å². The monoisotopic (exact) mass is 854 g/mol. The Morgan fingerprint density at radius 2 is 0.806 bits per heavy atom. The Labute approximate surface area is 388 Å². The lowest BCUT2D eigenvalue weighted by Crippen LogP contribution is -2.09. The number of hydrogen-bond donors (Lipinski definition) is 0. The lowest BCUT2D eigenvalue weighted by Gasteiger charge is -2.26. The summed E-state index contributed by atoms with van der Waals surface area (Å²) in [5.74, 6) is 0. The van der Waals surface area contributed by atoms with E-state index in [0.717, 1.165) is 77.8 Å². The Kier molecular flexibility index (Phi) is 9.17. The van der Waals surface area contributed by atoms with E-state index in [2.05, 4.69) is 264 Å². The van der Waals surface area contributed by atoms with Gasteiger partial charge in [-0.05, 0) is 169 Å². The van der Waals surface area contributed by atoms with E-state index < -0.39 is 0 Å². The lowest BCUT2D eigenvalue weighted by molar-refractivity contribution is 0.669. The van der Waals surface area contributed by atoms with E-state index >= 15 is 0 Å². The van der Waals surface area contributed by atoms with E-state index in [4.69, 9.17) is 4.42 Å². The molecular weight excluding hydrogens is 813 g/mol. The van der Waals surface area contributed by atoms with Crippen LogP contribution in [0.25, 0.3) is 105 Å². The number of aromatic nitrogens is 1. The van der Waals surface area contributed by atoms with Crippen LogP contribution in [0.1, 0.15) is 0 Å². The molecule has 0 atom stereocenters. The Morgan fingerprint density at radius 3 is 1.45 bits per heavy atom. The fourth-order valence-electron chi connectivity index (χ4n) is 10.2. The number of nitrogens with zero attached hydrogens (tertiary/aromatic N) is 2. The van der Waals surface area contributed by atoms with Crippen molar-refractivity contribution in [1.82, 2.24) is 4.57 Å². The average Bonchev–Trinajstić information content (AvgIpc) is 3.99. The smallest absolute Gasteiger partial charge is 0.136 e. The van der Waals surface area contributed by atoms with Crippen LogP contribution in [0, 0.1) is 0 Å². The molecule has 13 rings (SSSR count). The second-order valence-electron chi connectivity index (χ2n) is 17.3. The molecule has 0 amide bonds. The molecule has 0 aliphatic heterocycles. The Balaban J connectivity index is 1.17. The van der Waals surface area contributed by atoms with Crippen LogP contribution in [-0.4, -0.2) is 4.57 Å². The molecule has 0 unspecified atom stereocenters. The highest BCUT2D eigenvalue weighted by Gasteiger charge is 2.23. The molecule has 11 aromatic carbocycles. The molecule has 3 heteroatoms. The van der Waals surface area contributed by atoms with Gasteiger partial charge in [-0.3, -0.25) is 0 Å². The molecule has 0 spiro atoms. The van der Waals surface area contributed by atoms with Crippen LogP contribution >= 0.6 is 0 Å². The third-order valence-electron chi connectivity index (χ3n) is 13.3. The van der Waals surface area contributed by atoms with Crippen LogP contribution in [0.5, 0.6) is 0 Å². The normalized spacial score (nSPS) is 11.6. The van der Waals surface area contributed by atoms with Gasteiger partial charge in [0.05, 0.1) is 5.52 Å². The minimum absolute atomic E-state index is 0.879. The van der Waals surface area contributed by atoms with Crippen molar-refractivity contribution in [1.29, 1.82) is 0 Å². The first kappa shape index (κ1) is 38.5. The van der Waals surface area contributed by atoms with Gasteiger partial charge in [-0.25, -0.2) is 0 Å². The van der Waals surface area contributed by atoms with Crippen molar-refractivity contribution in [2.75, 3.05) is 4.90 Å². The molecule has 0 bridgehead atoms. The zero-order valence-electron chi connectivity index (χ0n) is 36.6. The van der Waals surface area contributed by atoms with Gasteiger partial charge in [-0.1, -0.05) is 146 Å². The summed E-state index contributed by atoms with van der Waals surface area (Å²) in [6, 6.07) is 90.0. The molecule has 0 fully saturated rings. The predicted molar refractivity (Wildman–Crippen MR) is 282 cm³/mol. The number of fused-ring (bicyclic) bond motifs is 7. The third-order valence-corrected chi connectivity index (χ3v) is 13.3. The maximum atomic E-state index is 6.67. The molecule has 13 aromatic rings. The molecule has 314 valence electrons. The van der Waals surface area contributed by atoms with Crippen LogP contribution in [0.4, 0.5) is 17.1 Å². The van der Waals surface area contributed by atoms with Gasteiger partial charge >= 0.3 is 0 Å². The fourth-order valence-corrected chi connectivity index (χ4v) is 10.2. The van der Waals surface area contributed by atoms with Crippen molar-refractivity contribution >= 4 is 71.4 Å². The maximum Gasteiger partial charge on any atom is 0.136 e. The van der Waals surface area contributed by atoms with Gasteiger partial charge in [0.2, 0.25) is 0 Å². The SMILES string of the molecule is c1ccc(-c2cc(-c3ccccc3)cc(-c3c(-c4ccc(N(c5ccccc5)c5ccccc5)cc4)c4cc5c(cc4c4cc6ccn(-c7ccccc7)c6cc34)oc3ccccc35)c2)cc1. The number of furan rings is 1. The average molecular weight is 855 g/mol. The van der Waals surface area contributed by atoms with E-state index in [1.165, 1.54) is 43.8 Å². The highest BCUT2D eigenvalue weighted by Crippen LogP contribution is 2.50. The minimum atomic E-state index is 0.879. The standard InChI is InChI=1S/C64H42N2O/c1-6-18-43(19-7-1)47-36-48(44-20-8-2-9-21-44)38-49(37-47)64-59-41-60-46(34-35-65(60)50-22-10-3-11-23-50)39-55(59)56-42-62-57(54-28-16-17-29-61(54)67-62)40-58(56)63(64)45-30-32-53(33-31-45)66(51-24-12-4-13-25-51)52-26-14-5-15-27-52/h1-42H. The third kappa shape index (κ3) is 6.67. The summed E-state index contributed by atoms with van der Waals surface area (Å²) < 4.78 is 8.98. The molecule has 0 N–H and O–H groups in total. The summed E-state index contributed by atoms with van der Waals surface area (Å²) in [5.41, 5.74) is 16.6. The van der Waals surface area contributed by atoms with Crippen molar-refractivity contribution in [3.05, 3.63) is 255 Å². The lowest BCUT2D eigenvalue weighted by atomic mass is 9.82. The first-order chi connectivity index (χ1) is 33.2. The van der Waals surface area contributed by atoms with Crippen molar-refractivity contribution in [2.24, 2.45) is 0 Å². The van der Waals surface area contributed by atoms with Crippen molar-refractivity contribution < 1.29 is 4.42 Å². The van der Waals surface area contributed by atoms with Crippen LogP contribution in [0.2, 0.25) is 0 Å². The molecule has 67 heavy (non-hydrogen) atoms. The Morgan fingerprint density at radius 1 is 0.299 bits per heavy atom.